The van der Waals surface area contributed by atoms with Crippen LogP contribution >= 0.6 is 0 Å². The van der Waals surface area contributed by atoms with E-state index in [-0.39, 0.29) is 17.3 Å². The van der Waals surface area contributed by atoms with Crippen molar-refractivity contribution in [3.05, 3.63) is 59.7 Å². The van der Waals surface area contributed by atoms with Crippen LogP contribution in [0.2, 0.25) is 0 Å². The van der Waals surface area contributed by atoms with Crippen LogP contribution in [0, 0.1) is 6.92 Å². The van der Waals surface area contributed by atoms with E-state index in [0.29, 0.717) is 23.7 Å². The number of nitrogens with one attached hydrogen (secondary N) is 1. The molecule has 0 bridgehead atoms. The van der Waals surface area contributed by atoms with Crippen molar-refractivity contribution in [1.29, 1.82) is 0 Å². The van der Waals surface area contributed by atoms with Crippen LogP contribution in [0.4, 0.5) is 5.69 Å². The Hall–Kier alpha value is -3.00. The molecule has 1 heterocycles. The lowest BCUT2D eigenvalue weighted by Crippen LogP contribution is -2.51. The Labute approximate surface area is 189 Å². The van der Waals surface area contributed by atoms with Crippen LogP contribution < -0.4 is 19.1 Å². The number of sulfonamides is 1. The van der Waals surface area contributed by atoms with Crippen molar-refractivity contribution in [3.63, 3.8) is 0 Å². The van der Waals surface area contributed by atoms with E-state index in [2.05, 4.69) is 11.4 Å². The Bertz CT molecular complexity index is 1130. The molecule has 1 atom stereocenters. The number of hydrogen-bond donors (Lipinski definition) is 1. The van der Waals surface area contributed by atoms with Crippen LogP contribution in [0.25, 0.3) is 0 Å². The zero-order chi connectivity index (χ0) is 22.7. The third kappa shape index (κ3) is 4.60. The van der Waals surface area contributed by atoms with Crippen LogP contribution in [0.15, 0.2) is 59.0 Å². The molecule has 0 fully saturated rings. The lowest BCUT2D eigenvalue weighted by atomic mass is 10.00. The Morgan fingerprint density at radius 3 is 2.66 bits per heavy atom. The molecule has 1 N–H and O–H groups in total. The fourth-order valence-corrected chi connectivity index (χ4v) is 5.46. The number of allylic oxidation sites excluding steroid dienone is 1. The van der Waals surface area contributed by atoms with Gasteiger partial charge in [0.15, 0.2) is 6.10 Å². The number of anilines is 1. The first kappa shape index (κ1) is 22.2. The maximum absolute atomic E-state index is 13.5. The Balaban J connectivity index is 1.61. The summed E-state index contributed by atoms with van der Waals surface area (Å²) in [5.74, 6) is 0.625. The average Bonchev–Trinajstić information content (AvgIpc) is 2.82. The van der Waals surface area contributed by atoms with Gasteiger partial charge in [0.1, 0.15) is 11.5 Å². The van der Waals surface area contributed by atoms with Crippen LogP contribution in [0.1, 0.15) is 31.2 Å². The summed E-state index contributed by atoms with van der Waals surface area (Å²) in [6, 6.07) is 11.5. The van der Waals surface area contributed by atoms with E-state index in [4.69, 9.17) is 9.47 Å². The van der Waals surface area contributed by atoms with Crippen LogP contribution in [-0.2, 0) is 14.8 Å². The van der Waals surface area contributed by atoms with Gasteiger partial charge in [-0.15, -0.1) is 0 Å². The third-order valence-electron chi connectivity index (χ3n) is 5.80. The van der Waals surface area contributed by atoms with Gasteiger partial charge in [-0.25, -0.2) is 8.42 Å². The molecular formula is C24H28N2O5S. The van der Waals surface area contributed by atoms with Crippen molar-refractivity contribution in [2.24, 2.45) is 0 Å². The molecule has 170 valence electrons. The van der Waals surface area contributed by atoms with Crippen LogP contribution in [0.5, 0.6) is 11.5 Å². The molecule has 1 aliphatic carbocycles. The number of hydrogen-bond acceptors (Lipinski definition) is 5. The number of rotatable bonds is 6. The fourth-order valence-electron chi connectivity index (χ4n) is 3.98. The number of aryl methyl sites for hydroxylation is 1. The summed E-state index contributed by atoms with van der Waals surface area (Å²) in [6.45, 7) is 2.26. The first-order chi connectivity index (χ1) is 15.4. The molecule has 2 aliphatic rings. The molecule has 2 aromatic carbocycles. The average molecular weight is 457 g/mol. The maximum atomic E-state index is 13.5. The first-order valence-electron chi connectivity index (χ1n) is 10.8. The van der Waals surface area contributed by atoms with Gasteiger partial charge in [-0.2, -0.15) is 0 Å². The van der Waals surface area contributed by atoms with Crippen molar-refractivity contribution in [1.82, 2.24) is 5.32 Å². The fraction of sp³-hybridized carbons (Fsp3) is 0.375. The highest BCUT2D eigenvalue weighted by Crippen LogP contribution is 2.38. The number of amides is 1. The molecule has 32 heavy (non-hydrogen) atoms. The number of fused-ring (bicyclic) bond motifs is 1. The van der Waals surface area contributed by atoms with Gasteiger partial charge in [0.25, 0.3) is 15.9 Å². The molecule has 0 spiro atoms. The minimum atomic E-state index is -3.91. The molecule has 8 heteroatoms. The zero-order valence-electron chi connectivity index (χ0n) is 18.3. The summed E-state index contributed by atoms with van der Waals surface area (Å²) >= 11 is 0. The number of benzene rings is 2. The summed E-state index contributed by atoms with van der Waals surface area (Å²) in [5.41, 5.74) is 2.55. The molecule has 2 aromatic rings. The van der Waals surface area contributed by atoms with Crippen LogP contribution in [-0.4, -0.2) is 40.6 Å². The van der Waals surface area contributed by atoms with E-state index in [1.807, 2.05) is 13.0 Å². The van der Waals surface area contributed by atoms with E-state index < -0.39 is 16.1 Å². The third-order valence-corrected chi connectivity index (χ3v) is 7.59. The number of nitrogens with zero attached hydrogens (tertiary/aromatic N) is 1. The Kier molecular flexibility index (Phi) is 6.41. The SMILES string of the molecule is COc1ccc(S(=O)(=O)N2C[C@H](C(=O)NCC3=CCCCC3)Oc3cc(C)ccc32)cc1. The standard InChI is InChI=1S/C24H28N2O5S/c1-17-8-13-21-22(14-17)31-23(24(27)25-15-18-6-4-3-5-7-18)16-26(21)32(28,29)20-11-9-19(30-2)10-12-20/h6,8-14,23H,3-5,7,15-16H2,1-2H3,(H,25,27)/t23-/m1/s1. The Morgan fingerprint density at radius 1 is 1.19 bits per heavy atom. The first-order valence-corrected chi connectivity index (χ1v) is 12.2. The molecule has 0 aromatic heterocycles. The highest BCUT2D eigenvalue weighted by atomic mass is 32.2. The second-order valence-electron chi connectivity index (χ2n) is 8.12. The minimum absolute atomic E-state index is 0.102. The van der Waals surface area contributed by atoms with Crippen molar-refractivity contribution in [2.45, 2.75) is 43.6 Å². The normalized spacial score (nSPS) is 18.2. The number of carbonyl (C=O) groups excluding carboxylic acids is 1. The summed E-state index contributed by atoms with van der Waals surface area (Å²) in [5, 5.41) is 2.92. The van der Waals surface area contributed by atoms with Gasteiger partial charge in [-0.3, -0.25) is 9.10 Å². The van der Waals surface area contributed by atoms with Gasteiger partial charge in [0.2, 0.25) is 0 Å². The molecule has 0 radical (unpaired) electrons. The number of carbonyl (C=O) groups is 1. The van der Waals surface area contributed by atoms with Crippen LogP contribution in [0.3, 0.4) is 0 Å². The molecule has 4 rings (SSSR count). The van der Waals surface area contributed by atoms with Crippen molar-refractivity contribution < 1.29 is 22.7 Å². The summed E-state index contributed by atoms with van der Waals surface area (Å²) in [4.78, 5) is 13.1. The van der Waals surface area contributed by atoms with E-state index in [1.165, 1.54) is 35.5 Å². The van der Waals surface area contributed by atoms with E-state index >= 15 is 0 Å². The van der Waals surface area contributed by atoms with Gasteiger partial charge in [0.05, 0.1) is 24.2 Å². The zero-order valence-corrected chi connectivity index (χ0v) is 19.2. The van der Waals surface area contributed by atoms with E-state index in [9.17, 15) is 13.2 Å². The smallest absolute Gasteiger partial charge is 0.264 e. The van der Waals surface area contributed by atoms with Gasteiger partial charge in [-0.05, 0) is 74.6 Å². The molecule has 1 aliphatic heterocycles. The van der Waals surface area contributed by atoms with Gasteiger partial charge in [0, 0.05) is 6.54 Å². The monoisotopic (exact) mass is 456 g/mol. The lowest BCUT2D eigenvalue weighted by Gasteiger charge is -2.35. The van der Waals surface area contributed by atoms with Crippen molar-refractivity contribution in [2.75, 3.05) is 24.5 Å². The molecule has 1 amide bonds. The molecule has 0 saturated carbocycles. The molecular weight excluding hydrogens is 428 g/mol. The predicted octanol–water partition coefficient (Wildman–Crippen LogP) is 3.58. The number of methoxy groups -OCH3 is 1. The van der Waals surface area contributed by atoms with E-state index in [1.54, 1.807) is 24.3 Å². The van der Waals surface area contributed by atoms with Crippen molar-refractivity contribution in [3.8, 4) is 11.5 Å². The topological polar surface area (TPSA) is 84.9 Å². The Morgan fingerprint density at radius 2 is 1.97 bits per heavy atom. The predicted molar refractivity (Wildman–Crippen MR) is 123 cm³/mol. The highest BCUT2D eigenvalue weighted by molar-refractivity contribution is 7.92. The van der Waals surface area contributed by atoms with Gasteiger partial charge >= 0.3 is 0 Å². The van der Waals surface area contributed by atoms with Gasteiger partial charge < -0.3 is 14.8 Å². The second kappa shape index (κ2) is 9.24. The summed E-state index contributed by atoms with van der Waals surface area (Å²) in [6.07, 6.45) is 5.54. The summed E-state index contributed by atoms with van der Waals surface area (Å²) in [7, 11) is -2.38. The number of ether oxygens (including phenoxy) is 2. The molecule has 0 unspecified atom stereocenters. The maximum Gasteiger partial charge on any atom is 0.264 e. The van der Waals surface area contributed by atoms with Crippen molar-refractivity contribution >= 4 is 21.6 Å². The highest BCUT2D eigenvalue weighted by Gasteiger charge is 2.37. The van der Waals surface area contributed by atoms with E-state index in [0.717, 1.165) is 24.8 Å². The largest absolute Gasteiger partial charge is 0.497 e. The quantitative estimate of drug-likeness (QED) is 0.672. The molecule has 0 saturated heterocycles. The molecule has 7 nitrogen and oxygen atoms in total. The minimum Gasteiger partial charge on any atom is -0.497 e. The van der Waals surface area contributed by atoms with Gasteiger partial charge in [-0.1, -0.05) is 17.7 Å². The lowest BCUT2D eigenvalue weighted by molar-refractivity contribution is -0.127. The second-order valence-corrected chi connectivity index (χ2v) is 9.98. The summed E-state index contributed by atoms with van der Waals surface area (Å²) < 4.78 is 39.3.